The Labute approximate surface area is 181 Å². The number of benzene rings is 2. The van der Waals surface area contributed by atoms with E-state index in [9.17, 15) is 22.8 Å². The molecule has 0 radical (unpaired) electrons. The molecule has 32 heavy (non-hydrogen) atoms. The van der Waals surface area contributed by atoms with E-state index < -0.39 is 29.2 Å². The first-order valence-electron chi connectivity index (χ1n) is 9.44. The van der Waals surface area contributed by atoms with Gasteiger partial charge in [0, 0.05) is 11.6 Å². The second-order valence-electron chi connectivity index (χ2n) is 6.81. The number of rotatable bonds is 6. The molecule has 0 saturated heterocycles. The van der Waals surface area contributed by atoms with Gasteiger partial charge < -0.3 is 14.8 Å². The zero-order valence-electron chi connectivity index (χ0n) is 17.4. The number of hydrogen-bond donors (Lipinski definition) is 1. The molecule has 1 unspecified atom stereocenters. The number of alkyl halides is 3. The molecule has 0 aliphatic heterocycles. The van der Waals surface area contributed by atoms with E-state index in [0.29, 0.717) is 17.0 Å². The highest BCUT2D eigenvalue weighted by atomic mass is 19.4. The molecule has 7 nitrogen and oxygen atoms in total. The van der Waals surface area contributed by atoms with E-state index in [2.05, 4.69) is 10.4 Å². The summed E-state index contributed by atoms with van der Waals surface area (Å²) < 4.78 is 50.3. The van der Waals surface area contributed by atoms with Crippen molar-refractivity contribution in [3.8, 4) is 22.8 Å². The lowest BCUT2D eigenvalue weighted by molar-refractivity contribution is -0.137. The average Bonchev–Trinajstić information content (AvgIpc) is 2.78. The number of amides is 1. The van der Waals surface area contributed by atoms with Crippen molar-refractivity contribution in [1.29, 1.82) is 0 Å². The van der Waals surface area contributed by atoms with Crippen LogP contribution in [0.4, 0.5) is 18.9 Å². The van der Waals surface area contributed by atoms with Gasteiger partial charge in [0.05, 0.1) is 31.2 Å². The molecule has 1 amide bonds. The van der Waals surface area contributed by atoms with E-state index in [4.69, 9.17) is 9.47 Å². The van der Waals surface area contributed by atoms with Crippen molar-refractivity contribution in [3.05, 3.63) is 70.5 Å². The van der Waals surface area contributed by atoms with Crippen LogP contribution in [0.3, 0.4) is 0 Å². The fraction of sp³-hybridized carbons (Fsp3) is 0.227. The van der Waals surface area contributed by atoms with Gasteiger partial charge in [0.25, 0.3) is 5.56 Å². The normalized spacial score (nSPS) is 12.2. The number of nitrogens with zero attached hydrogens (tertiary/aromatic N) is 2. The van der Waals surface area contributed by atoms with Gasteiger partial charge in [-0.15, -0.1) is 0 Å². The molecule has 2 aromatic carbocycles. The third-order valence-corrected chi connectivity index (χ3v) is 4.74. The van der Waals surface area contributed by atoms with Gasteiger partial charge in [-0.1, -0.05) is 0 Å². The van der Waals surface area contributed by atoms with Crippen molar-refractivity contribution in [3.63, 3.8) is 0 Å². The molecule has 1 atom stereocenters. The summed E-state index contributed by atoms with van der Waals surface area (Å²) in [4.78, 5) is 25.1. The number of carbonyl (C=O) groups is 1. The Bertz CT molecular complexity index is 1170. The van der Waals surface area contributed by atoms with E-state index in [0.717, 1.165) is 22.9 Å². The fourth-order valence-electron chi connectivity index (χ4n) is 2.95. The summed E-state index contributed by atoms with van der Waals surface area (Å²) in [5.41, 5.74) is -0.534. The van der Waals surface area contributed by atoms with Gasteiger partial charge in [0.2, 0.25) is 5.91 Å². The molecule has 168 valence electrons. The van der Waals surface area contributed by atoms with Gasteiger partial charge in [-0.3, -0.25) is 9.59 Å². The molecule has 3 aromatic rings. The van der Waals surface area contributed by atoms with Crippen molar-refractivity contribution in [2.45, 2.75) is 19.1 Å². The molecule has 0 spiro atoms. The minimum atomic E-state index is -4.59. The largest absolute Gasteiger partial charge is 0.497 e. The second kappa shape index (κ2) is 9.13. The maximum absolute atomic E-state index is 13.1. The number of anilines is 1. The summed E-state index contributed by atoms with van der Waals surface area (Å²) in [5, 5.41) is 6.64. The Balaban J connectivity index is 1.90. The molecule has 0 aliphatic rings. The lowest BCUT2D eigenvalue weighted by Crippen LogP contribution is -2.33. The minimum Gasteiger partial charge on any atom is -0.497 e. The highest BCUT2D eigenvalue weighted by Crippen LogP contribution is 2.35. The predicted octanol–water partition coefficient (Wildman–Crippen LogP) is 4.15. The zero-order valence-corrected chi connectivity index (χ0v) is 17.4. The summed E-state index contributed by atoms with van der Waals surface area (Å²) in [6, 6.07) is 11.3. The predicted molar refractivity (Wildman–Crippen MR) is 112 cm³/mol. The SMILES string of the molecule is COc1ccc(-c2ccc(=O)n(C(C)C(=O)Nc3cc(C(F)(F)F)ccc3OC)n2)cc1. The molecule has 0 fully saturated rings. The van der Waals surface area contributed by atoms with Crippen LogP contribution in [-0.2, 0) is 11.0 Å². The van der Waals surface area contributed by atoms with Crippen LogP contribution in [0.15, 0.2) is 59.4 Å². The van der Waals surface area contributed by atoms with Crippen molar-refractivity contribution >= 4 is 11.6 Å². The highest BCUT2D eigenvalue weighted by Gasteiger charge is 2.31. The quantitative estimate of drug-likeness (QED) is 0.614. The molecule has 0 aliphatic carbocycles. The van der Waals surface area contributed by atoms with E-state index in [1.165, 1.54) is 33.3 Å². The Morgan fingerprint density at radius 3 is 2.31 bits per heavy atom. The average molecular weight is 447 g/mol. The van der Waals surface area contributed by atoms with Crippen LogP contribution in [-0.4, -0.2) is 29.9 Å². The standard InChI is InChI=1S/C22H20F3N3O4/c1-13(21(30)26-18-12-15(22(23,24)25)6-10-19(18)32-3)28-20(29)11-9-17(27-28)14-4-7-16(31-2)8-5-14/h4-13H,1-3H3,(H,26,30). The van der Waals surface area contributed by atoms with Gasteiger partial charge >= 0.3 is 6.18 Å². The van der Waals surface area contributed by atoms with Gasteiger partial charge in [-0.25, -0.2) is 4.68 Å². The molecule has 1 N–H and O–H groups in total. The number of hydrogen-bond acceptors (Lipinski definition) is 5. The Morgan fingerprint density at radius 1 is 1.03 bits per heavy atom. The van der Waals surface area contributed by atoms with Crippen molar-refractivity contribution < 1.29 is 27.4 Å². The summed E-state index contributed by atoms with van der Waals surface area (Å²) in [6.45, 7) is 1.42. The van der Waals surface area contributed by atoms with Crippen LogP contribution in [0, 0.1) is 0 Å². The van der Waals surface area contributed by atoms with Crippen LogP contribution < -0.4 is 20.3 Å². The summed E-state index contributed by atoms with van der Waals surface area (Å²) in [7, 11) is 2.80. The third kappa shape index (κ3) is 4.90. The Hall–Kier alpha value is -3.82. The Morgan fingerprint density at radius 2 is 1.72 bits per heavy atom. The van der Waals surface area contributed by atoms with Gasteiger partial charge in [0.1, 0.15) is 17.5 Å². The number of halogens is 3. The minimum absolute atomic E-state index is 0.0471. The lowest BCUT2D eigenvalue weighted by atomic mass is 10.1. The van der Waals surface area contributed by atoms with Crippen molar-refractivity contribution in [1.82, 2.24) is 9.78 Å². The van der Waals surface area contributed by atoms with Crippen molar-refractivity contribution in [2.75, 3.05) is 19.5 Å². The maximum Gasteiger partial charge on any atom is 0.416 e. The van der Waals surface area contributed by atoms with Gasteiger partial charge in [-0.2, -0.15) is 18.3 Å². The van der Waals surface area contributed by atoms with Crippen molar-refractivity contribution in [2.24, 2.45) is 0 Å². The third-order valence-electron chi connectivity index (χ3n) is 4.74. The van der Waals surface area contributed by atoms with Crippen LogP contribution in [0.5, 0.6) is 11.5 Å². The molecular formula is C22H20F3N3O4. The van der Waals surface area contributed by atoms with Crippen LogP contribution in [0.2, 0.25) is 0 Å². The molecule has 0 saturated carbocycles. The summed E-state index contributed by atoms with van der Waals surface area (Å²) in [5.74, 6) is -0.0419. The molecule has 3 rings (SSSR count). The van der Waals surface area contributed by atoms with Crippen LogP contribution >= 0.6 is 0 Å². The van der Waals surface area contributed by atoms with Gasteiger partial charge in [-0.05, 0) is 55.5 Å². The highest BCUT2D eigenvalue weighted by molar-refractivity contribution is 5.94. The van der Waals surface area contributed by atoms with E-state index in [-0.39, 0.29) is 11.4 Å². The number of aromatic nitrogens is 2. The first kappa shape index (κ1) is 22.9. The van der Waals surface area contributed by atoms with E-state index in [1.54, 1.807) is 24.3 Å². The first-order valence-corrected chi connectivity index (χ1v) is 9.44. The second-order valence-corrected chi connectivity index (χ2v) is 6.81. The summed E-state index contributed by atoms with van der Waals surface area (Å²) in [6.07, 6.45) is -4.59. The number of ether oxygens (including phenoxy) is 2. The molecule has 0 bridgehead atoms. The van der Waals surface area contributed by atoms with Gasteiger partial charge in [0.15, 0.2) is 0 Å². The van der Waals surface area contributed by atoms with Crippen LogP contribution in [0.1, 0.15) is 18.5 Å². The fourth-order valence-corrected chi connectivity index (χ4v) is 2.95. The maximum atomic E-state index is 13.1. The van der Waals surface area contributed by atoms with E-state index >= 15 is 0 Å². The molecular weight excluding hydrogens is 427 g/mol. The Kier molecular flexibility index (Phi) is 6.52. The van der Waals surface area contributed by atoms with Crippen LogP contribution in [0.25, 0.3) is 11.3 Å². The molecule has 10 heteroatoms. The number of nitrogens with one attached hydrogen (secondary N) is 1. The topological polar surface area (TPSA) is 82.5 Å². The summed E-state index contributed by atoms with van der Waals surface area (Å²) >= 11 is 0. The first-order chi connectivity index (χ1) is 15.1. The lowest BCUT2D eigenvalue weighted by Gasteiger charge is -2.17. The van der Waals surface area contributed by atoms with E-state index in [1.807, 2.05) is 0 Å². The molecule has 1 heterocycles. The zero-order chi connectivity index (χ0) is 23.5. The number of methoxy groups -OCH3 is 2. The number of carbonyl (C=O) groups excluding carboxylic acids is 1. The molecule has 1 aromatic heterocycles. The monoisotopic (exact) mass is 447 g/mol. The smallest absolute Gasteiger partial charge is 0.416 e.